The number of likely N-dealkylation sites (tertiary alicyclic amines) is 1. The van der Waals surface area contributed by atoms with Gasteiger partial charge in [0.15, 0.2) is 0 Å². The standard InChI is InChI=1S/C25H25FN4O2/c1-17-15-29(16-28-17)21-10-4-18(14-22(21)32-3)5-11-23(27)30-24(31)12-13-25(30,2)19-6-8-20(26)9-7-19/h4-11,14-16,27H,12-13H2,1-3H3/b11-5+,27-23?. The second-order valence-electron chi connectivity index (χ2n) is 8.08. The van der Waals surface area contributed by atoms with Gasteiger partial charge in [-0.25, -0.2) is 9.37 Å². The Kier molecular flexibility index (Phi) is 5.65. The van der Waals surface area contributed by atoms with E-state index in [2.05, 4.69) is 4.98 Å². The largest absolute Gasteiger partial charge is 0.495 e. The molecule has 1 unspecified atom stereocenters. The maximum atomic E-state index is 13.4. The van der Waals surface area contributed by atoms with Crippen molar-refractivity contribution in [1.29, 1.82) is 5.41 Å². The Morgan fingerprint density at radius 2 is 2.00 bits per heavy atom. The molecular weight excluding hydrogens is 407 g/mol. The number of imidazole rings is 1. The molecule has 1 aromatic heterocycles. The number of aromatic nitrogens is 2. The molecule has 1 aliphatic heterocycles. The topological polar surface area (TPSA) is 71.2 Å². The number of hydrogen-bond donors (Lipinski definition) is 1. The van der Waals surface area contributed by atoms with Crippen molar-refractivity contribution in [2.45, 2.75) is 32.2 Å². The van der Waals surface area contributed by atoms with Crippen LogP contribution in [0.1, 0.15) is 36.6 Å². The first-order valence-corrected chi connectivity index (χ1v) is 10.4. The van der Waals surface area contributed by atoms with Gasteiger partial charge in [0.25, 0.3) is 0 Å². The van der Waals surface area contributed by atoms with E-state index in [4.69, 9.17) is 10.1 Å². The summed E-state index contributed by atoms with van der Waals surface area (Å²) in [6, 6.07) is 11.8. The summed E-state index contributed by atoms with van der Waals surface area (Å²) in [4.78, 5) is 18.4. The number of nitrogens with one attached hydrogen (secondary N) is 1. The molecule has 0 radical (unpaired) electrons. The van der Waals surface area contributed by atoms with Gasteiger partial charge in [0.2, 0.25) is 5.91 Å². The molecule has 32 heavy (non-hydrogen) atoms. The van der Waals surface area contributed by atoms with Crippen LogP contribution in [0.25, 0.3) is 11.8 Å². The summed E-state index contributed by atoms with van der Waals surface area (Å²) in [6.07, 6.45) is 7.95. The molecule has 1 aliphatic rings. The third-order valence-electron chi connectivity index (χ3n) is 5.90. The molecule has 0 saturated carbocycles. The maximum absolute atomic E-state index is 13.4. The number of methoxy groups -OCH3 is 1. The van der Waals surface area contributed by atoms with Crippen LogP contribution in [0.2, 0.25) is 0 Å². The molecule has 6 nitrogen and oxygen atoms in total. The van der Waals surface area contributed by atoms with Gasteiger partial charge in [-0.2, -0.15) is 0 Å². The molecule has 3 aromatic rings. The number of ether oxygens (including phenoxy) is 1. The van der Waals surface area contributed by atoms with E-state index in [0.717, 1.165) is 22.5 Å². The molecular formula is C25H25FN4O2. The first kappa shape index (κ1) is 21.5. The van der Waals surface area contributed by atoms with Crippen molar-refractivity contribution in [3.05, 3.63) is 83.7 Å². The number of hydrogen-bond acceptors (Lipinski definition) is 4. The molecule has 164 valence electrons. The van der Waals surface area contributed by atoms with Gasteiger partial charge in [0, 0.05) is 12.6 Å². The summed E-state index contributed by atoms with van der Waals surface area (Å²) in [7, 11) is 1.61. The van der Waals surface area contributed by atoms with Crippen molar-refractivity contribution in [3.8, 4) is 11.4 Å². The van der Waals surface area contributed by atoms with Gasteiger partial charge in [-0.3, -0.25) is 15.1 Å². The number of amidine groups is 1. The second kappa shape index (κ2) is 8.42. The molecule has 0 spiro atoms. The Hall–Kier alpha value is -3.74. The quantitative estimate of drug-likeness (QED) is 0.462. The predicted octanol–water partition coefficient (Wildman–Crippen LogP) is 4.86. The number of benzene rings is 2. The van der Waals surface area contributed by atoms with Gasteiger partial charge in [-0.05, 0) is 61.7 Å². The minimum Gasteiger partial charge on any atom is -0.495 e. The average Bonchev–Trinajstić information content (AvgIpc) is 3.35. The molecule has 2 aromatic carbocycles. The number of aryl methyl sites for hydroxylation is 1. The summed E-state index contributed by atoms with van der Waals surface area (Å²) >= 11 is 0. The highest BCUT2D eigenvalue weighted by Gasteiger charge is 2.44. The van der Waals surface area contributed by atoms with Crippen LogP contribution in [0, 0.1) is 18.2 Å². The van der Waals surface area contributed by atoms with E-state index in [1.54, 1.807) is 37.7 Å². The van der Waals surface area contributed by atoms with E-state index in [1.807, 2.05) is 42.8 Å². The molecule has 1 atom stereocenters. The fourth-order valence-corrected chi connectivity index (χ4v) is 4.15. The predicted molar refractivity (Wildman–Crippen MR) is 121 cm³/mol. The maximum Gasteiger partial charge on any atom is 0.229 e. The number of rotatable bonds is 5. The molecule has 0 bridgehead atoms. The van der Waals surface area contributed by atoms with E-state index in [9.17, 15) is 9.18 Å². The number of carbonyl (C=O) groups excluding carboxylic acids is 1. The van der Waals surface area contributed by atoms with Crippen LogP contribution < -0.4 is 4.74 Å². The van der Waals surface area contributed by atoms with Crippen LogP contribution >= 0.6 is 0 Å². The van der Waals surface area contributed by atoms with Crippen LogP contribution in [0.15, 0.2) is 61.1 Å². The van der Waals surface area contributed by atoms with E-state index in [0.29, 0.717) is 18.6 Å². The fourth-order valence-electron chi connectivity index (χ4n) is 4.15. The lowest BCUT2D eigenvalue weighted by Gasteiger charge is -2.35. The van der Waals surface area contributed by atoms with Crippen LogP contribution in [0.3, 0.4) is 0 Å². The molecule has 1 amide bonds. The number of halogens is 1. The highest BCUT2D eigenvalue weighted by atomic mass is 19.1. The summed E-state index contributed by atoms with van der Waals surface area (Å²) in [5.74, 6) is 0.318. The molecule has 7 heteroatoms. The van der Waals surface area contributed by atoms with Crippen LogP contribution in [0.4, 0.5) is 4.39 Å². The first-order valence-electron chi connectivity index (χ1n) is 10.4. The lowest BCUT2D eigenvalue weighted by Crippen LogP contribution is -2.44. The third kappa shape index (κ3) is 3.93. The smallest absolute Gasteiger partial charge is 0.229 e. The number of amides is 1. The molecule has 1 saturated heterocycles. The Morgan fingerprint density at radius 3 is 2.66 bits per heavy atom. The normalized spacial score (nSPS) is 18.5. The Bertz CT molecular complexity index is 1200. The van der Waals surface area contributed by atoms with Crippen LogP contribution in [-0.4, -0.2) is 33.3 Å². The lowest BCUT2D eigenvalue weighted by atomic mass is 9.89. The van der Waals surface area contributed by atoms with Crippen molar-refractivity contribution in [2.24, 2.45) is 0 Å². The second-order valence-corrected chi connectivity index (χ2v) is 8.08. The summed E-state index contributed by atoms with van der Waals surface area (Å²) < 4.78 is 20.8. The highest BCUT2D eigenvalue weighted by Crippen LogP contribution is 2.39. The Labute approximate surface area is 186 Å². The molecule has 2 heterocycles. The zero-order chi connectivity index (χ0) is 22.9. The average molecular weight is 432 g/mol. The fraction of sp³-hybridized carbons (Fsp3) is 0.240. The molecule has 4 rings (SSSR count). The first-order chi connectivity index (χ1) is 15.3. The minimum absolute atomic E-state index is 0.0904. The van der Waals surface area contributed by atoms with Crippen molar-refractivity contribution in [1.82, 2.24) is 14.5 Å². The Balaban J connectivity index is 1.59. The van der Waals surface area contributed by atoms with Crippen LogP contribution in [0.5, 0.6) is 5.75 Å². The van der Waals surface area contributed by atoms with E-state index >= 15 is 0 Å². The number of nitrogens with zero attached hydrogens (tertiary/aromatic N) is 3. The summed E-state index contributed by atoms with van der Waals surface area (Å²) in [5, 5.41) is 8.59. The van der Waals surface area contributed by atoms with Crippen LogP contribution in [-0.2, 0) is 10.3 Å². The van der Waals surface area contributed by atoms with Crippen molar-refractivity contribution < 1.29 is 13.9 Å². The van der Waals surface area contributed by atoms with E-state index in [1.165, 1.54) is 17.0 Å². The lowest BCUT2D eigenvalue weighted by molar-refractivity contribution is -0.126. The SMILES string of the molecule is COc1cc(/C=C/C(=N)N2C(=O)CCC2(C)c2ccc(F)cc2)ccc1-n1cnc(C)c1. The monoisotopic (exact) mass is 432 g/mol. The Morgan fingerprint density at radius 1 is 1.25 bits per heavy atom. The third-order valence-corrected chi connectivity index (χ3v) is 5.90. The van der Waals surface area contributed by atoms with Crippen molar-refractivity contribution >= 4 is 17.8 Å². The molecule has 0 aliphatic carbocycles. The van der Waals surface area contributed by atoms with E-state index < -0.39 is 5.54 Å². The van der Waals surface area contributed by atoms with Gasteiger partial charge >= 0.3 is 0 Å². The number of carbonyl (C=O) groups is 1. The van der Waals surface area contributed by atoms with Crippen molar-refractivity contribution in [2.75, 3.05) is 7.11 Å². The minimum atomic E-state index is -0.687. The zero-order valence-electron chi connectivity index (χ0n) is 18.3. The summed E-state index contributed by atoms with van der Waals surface area (Å²) in [5.41, 5.74) is 2.72. The zero-order valence-corrected chi connectivity index (χ0v) is 18.3. The highest BCUT2D eigenvalue weighted by molar-refractivity contribution is 6.06. The van der Waals surface area contributed by atoms with Gasteiger partial charge in [-0.1, -0.05) is 24.3 Å². The van der Waals surface area contributed by atoms with Gasteiger partial charge < -0.3 is 9.30 Å². The van der Waals surface area contributed by atoms with Gasteiger partial charge in [0.05, 0.1) is 30.4 Å². The molecule has 1 fully saturated rings. The summed E-state index contributed by atoms with van der Waals surface area (Å²) in [6.45, 7) is 3.84. The van der Waals surface area contributed by atoms with E-state index in [-0.39, 0.29) is 17.6 Å². The van der Waals surface area contributed by atoms with Gasteiger partial charge in [0.1, 0.15) is 17.4 Å². The van der Waals surface area contributed by atoms with Crippen molar-refractivity contribution in [3.63, 3.8) is 0 Å². The van der Waals surface area contributed by atoms with Gasteiger partial charge in [-0.15, -0.1) is 0 Å². The molecule has 1 N–H and O–H groups in total.